The fourth-order valence-electron chi connectivity index (χ4n) is 3.99. The zero-order valence-corrected chi connectivity index (χ0v) is 12.5. The lowest BCUT2D eigenvalue weighted by Gasteiger charge is -2.48. The van der Waals surface area contributed by atoms with Gasteiger partial charge in [0.05, 0.1) is 7.11 Å². The molecule has 0 radical (unpaired) electrons. The molecule has 21 heavy (non-hydrogen) atoms. The highest BCUT2D eigenvalue weighted by atomic mass is 16.6. The fourth-order valence-corrected chi connectivity index (χ4v) is 3.99. The third-order valence-corrected chi connectivity index (χ3v) is 5.14. The van der Waals surface area contributed by atoms with Gasteiger partial charge in [0, 0.05) is 6.42 Å². The van der Waals surface area contributed by atoms with Gasteiger partial charge in [0.15, 0.2) is 5.60 Å². The SMILES string of the molecule is COC(=O)C12CCCc3ccccc3C1(C)OC(=O)CC2. The average molecular weight is 288 g/mol. The minimum atomic E-state index is -0.942. The van der Waals surface area contributed by atoms with Crippen molar-refractivity contribution < 1.29 is 19.1 Å². The van der Waals surface area contributed by atoms with Crippen molar-refractivity contribution in [1.82, 2.24) is 0 Å². The monoisotopic (exact) mass is 288 g/mol. The lowest BCUT2D eigenvalue weighted by Crippen LogP contribution is -2.55. The highest BCUT2D eigenvalue weighted by Crippen LogP contribution is 2.55. The van der Waals surface area contributed by atoms with Crippen molar-refractivity contribution in [2.24, 2.45) is 5.41 Å². The first-order chi connectivity index (χ1) is 10.0. The van der Waals surface area contributed by atoms with Crippen molar-refractivity contribution in [3.05, 3.63) is 35.4 Å². The molecule has 1 aromatic carbocycles. The Hall–Kier alpha value is -1.84. The first-order valence-corrected chi connectivity index (χ1v) is 7.42. The Morgan fingerprint density at radius 3 is 2.76 bits per heavy atom. The van der Waals surface area contributed by atoms with Gasteiger partial charge in [-0.3, -0.25) is 9.59 Å². The second kappa shape index (κ2) is 4.86. The summed E-state index contributed by atoms with van der Waals surface area (Å²) < 4.78 is 10.9. The zero-order valence-electron chi connectivity index (χ0n) is 12.5. The Labute approximate surface area is 124 Å². The van der Waals surface area contributed by atoms with Gasteiger partial charge in [0.2, 0.25) is 0 Å². The van der Waals surface area contributed by atoms with Gasteiger partial charge in [-0.2, -0.15) is 0 Å². The van der Waals surface area contributed by atoms with E-state index in [0.717, 1.165) is 24.0 Å². The molecule has 112 valence electrons. The first kappa shape index (κ1) is 14.1. The second-order valence-electron chi connectivity index (χ2n) is 6.09. The molecular weight excluding hydrogens is 268 g/mol. The number of hydrogen-bond donors (Lipinski definition) is 0. The Kier molecular flexibility index (Phi) is 3.27. The number of carbonyl (C=O) groups is 2. The summed E-state index contributed by atoms with van der Waals surface area (Å²) in [5.41, 5.74) is 0.381. The van der Waals surface area contributed by atoms with Crippen LogP contribution in [0.1, 0.15) is 43.7 Å². The van der Waals surface area contributed by atoms with Crippen molar-refractivity contribution in [3.63, 3.8) is 0 Å². The van der Waals surface area contributed by atoms with E-state index in [0.29, 0.717) is 12.8 Å². The maximum atomic E-state index is 12.6. The summed E-state index contributed by atoms with van der Waals surface area (Å²) in [4.78, 5) is 24.5. The number of ether oxygens (including phenoxy) is 2. The number of esters is 2. The highest BCUT2D eigenvalue weighted by Gasteiger charge is 2.61. The quantitative estimate of drug-likeness (QED) is 0.746. The molecule has 4 heteroatoms. The maximum absolute atomic E-state index is 12.6. The van der Waals surface area contributed by atoms with Crippen molar-refractivity contribution in [1.29, 1.82) is 0 Å². The standard InChI is InChI=1S/C17H20O4/c1-16-13-8-4-3-6-12(13)7-5-10-17(16,15(19)20-2)11-9-14(18)21-16/h3-4,6,8H,5,7,9-11H2,1-2H3. The normalized spacial score (nSPS) is 31.4. The van der Waals surface area contributed by atoms with E-state index in [-0.39, 0.29) is 18.4 Å². The third-order valence-electron chi connectivity index (χ3n) is 5.14. The van der Waals surface area contributed by atoms with Crippen molar-refractivity contribution in [2.75, 3.05) is 7.11 Å². The van der Waals surface area contributed by atoms with Gasteiger partial charge in [-0.25, -0.2) is 0 Å². The average Bonchev–Trinajstić information content (AvgIpc) is 2.61. The van der Waals surface area contributed by atoms with Gasteiger partial charge < -0.3 is 9.47 Å². The molecule has 2 unspecified atom stereocenters. The molecule has 4 nitrogen and oxygen atoms in total. The molecule has 1 aliphatic heterocycles. The number of hydrogen-bond acceptors (Lipinski definition) is 4. The molecule has 0 bridgehead atoms. The highest BCUT2D eigenvalue weighted by molar-refractivity contribution is 5.83. The number of methoxy groups -OCH3 is 1. The van der Waals surface area contributed by atoms with Crippen LogP contribution >= 0.6 is 0 Å². The lowest BCUT2D eigenvalue weighted by atomic mass is 9.63. The first-order valence-electron chi connectivity index (χ1n) is 7.42. The molecule has 1 fully saturated rings. The molecule has 3 rings (SSSR count). The van der Waals surface area contributed by atoms with E-state index in [9.17, 15) is 9.59 Å². The minimum absolute atomic E-state index is 0.242. The Bertz CT molecular complexity index is 594. The third kappa shape index (κ3) is 1.88. The van der Waals surface area contributed by atoms with Crippen LogP contribution in [0.4, 0.5) is 0 Å². The molecule has 1 heterocycles. The smallest absolute Gasteiger partial charge is 0.316 e. The number of rotatable bonds is 1. The van der Waals surface area contributed by atoms with Crippen molar-refractivity contribution in [2.45, 2.75) is 44.6 Å². The summed E-state index contributed by atoms with van der Waals surface area (Å²) in [5.74, 6) is -0.511. The van der Waals surface area contributed by atoms with Gasteiger partial charge in [-0.1, -0.05) is 24.3 Å². The van der Waals surface area contributed by atoms with Crippen LogP contribution in [0.25, 0.3) is 0 Å². The van der Waals surface area contributed by atoms with Crippen LogP contribution in [0.2, 0.25) is 0 Å². The van der Waals surface area contributed by atoms with E-state index in [1.807, 2.05) is 25.1 Å². The molecule has 1 aromatic rings. The molecule has 1 aliphatic carbocycles. The van der Waals surface area contributed by atoms with Crippen LogP contribution in [-0.4, -0.2) is 19.0 Å². The van der Waals surface area contributed by atoms with Crippen LogP contribution in [0, 0.1) is 5.41 Å². The summed E-state index contributed by atoms with van der Waals surface area (Å²) in [6, 6.07) is 7.94. The number of aryl methyl sites for hydroxylation is 1. The maximum Gasteiger partial charge on any atom is 0.316 e. The molecular formula is C17H20O4. The lowest BCUT2D eigenvalue weighted by molar-refractivity contribution is -0.206. The van der Waals surface area contributed by atoms with Crippen molar-refractivity contribution in [3.8, 4) is 0 Å². The van der Waals surface area contributed by atoms with Gasteiger partial charge in [-0.15, -0.1) is 0 Å². The van der Waals surface area contributed by atoms with Gasteiger partial charge in [-0.05, 0) is 43.7 Å². The van der Waals surface area contributed by atoms with Gasteiger partial charge in [0.1, 0.15) is 5.41 Å². The fraction of sp³-hybridized carbons (Fsp3) is 0.529. The second-order valence-corrected chi connectivity index (χ2v) is 6.09. The van der Waals surface area contributed by atoms with E-state index >= 15 is 0 Å². The molecule has 0 N–H and O–H groups in total. The predicted octanol–water partition coefficient (Wildman–Crippen LogP) is 2.73. The van der Waals surface area contributed by atoms with Crippen LogP contribution in [0.5, 0.6) is 0 Å². The van der Waals surface area contributed by atoms with Crippen LogP contribution in [-0.2, 0) is 31.1 Å². The van der Waals surface area contributed by atoms with Crippen LogP contribution < -0.4 is 0 Å². The largest absolute Gasteiger partial charge is 0.468 e. The number of carbonyl (C=O) groups excluding carboxylic acids is 2. The summed E-state index contributed by atoms with van der Waals surface area (Å²) in [7, 11) is 1.41. The zero-order chi connectivity index (χ0) is 15.1. The number of fused-ring (bicyclic) bond motifs is 3. The van der Waals surface area contributed by atoms with Gasteiger partial charge in [0.25, 0.3) is 0 Å². The minimum Gasteiger partial charge on any atom is -0.468 e. The Balaban J connectivity index is 2.22. The summed E-state index contributed by atoms with van der Waals surface area (Å²) in [6.07, 6.45) is 3.22. The van der Waals surface area contributed by atoms with Crippen molar-refractivity contribution >= 4 is 11.9 Å². The molecule has 0 aromatic heterocycles. The van der Waals surface area contributed by atoms with Crippen LogP contribution in [0.15, 0.2) is 24.3 Å². The Morgan fingerprint density at radius 2 is 2.00 bits per heavy atom. The molecule has 2 aliphatic rings. The molecule has 0 spiro atoms. The number of benzene rings is 1. The van der Waals surface area contributed by atoms with E-state index < -0.39 is 11.0 Å². The molecule has 2 atom stereocenters. The van der Waals surface area contributed by atoms with E-state index in [1.165, 1.54) is 7.11 Å². The van der Waals surface area contributed by atoms with E-state index in [4.69, 9.17) is 9.47 Å². The molecule has 0 amide bonds. The summed E-state index contributed by atoms with van der Waals surface area (Å²) >= 11 is 0. The Morgan fingerprint density at radius 1 is 1.24 bits per heavy atom. The molecule has 0 saturated carbocycles. The van der Waals surface area contributed by atoms with Crippen LogP contribution in [0.3, 0.4) is 0 Å². The van der Waals surface area contributed by atoms with E-state index in [1.54, 1.807) is 0 Å². The van der Waals surface area contributed by atoms with E-state index in [2.05, 4.69) is 6.07 Å². The topological polar surface area (TPSA) is 52.6 Å². The predicted molar refractivity (Wildman–Crippen MR) is 76.5 cm³/mol. The summed E-state index contributed by atoms with van der Waals surface area (Å²) in [5, 5.41) is 0. The molecule has 1 saturated heterocycles. The van der Waals surface area contributed by atoms with Gasteiger partial charge >= 0.3 is 11.9 Å². The summed E-state index contributed by atoms with van der Waals surface area (Å²) in [6.45, 7) is 1.87.